The number of unbranched alkanes of at least 4 members (excludes halogenated alkanes) is 1. The predicted molar refractivity (Wildman–Crippen MR) is 73.6 cm³/mol. The van der Waals surface area contributed by atoms with Crippen molar-refractivity contribution in [2.45, 2.75) is 58.4 Å². The van der Waals surface area contributed by atoms with Gasteiger partial charge in [-0.3, -0.25) is 10.7 Å². The van der Waals surface area contributed by atoms with Crippen LogP contribution in [0.1, 0.15) is 52.4 Å². The molecule has 0 saturated heterocycles. The van der Waals surface area contributed by atoms with Gasteiger partial charge in [0.1, 0.15) is 0 Å². The summed E-state index contributed by atoms with van der Waals surface area (Å²) in [6.07, 6.45) is 7.92. The topological polar surface area (TPSA) is 52.0 Å². The molecular weight excluding hydrogens is 222 g/mol. The van der Waals surface area contributed by atoms with Crippen LogP contribution in [0.2, 0.25) is 0 Å². The van der Waals surface area contributed by atoms with Crippen LogP contribution in [-0.4, -0.2) is 12.0 Å². The Labute approximate surface area is 110 Å². The van der Waals surface area contributed by atoms with Gasteiger partial charge in [0, 0.05) is 11.5 Å². The third-order valence-electron chi connectivity index (χ3n) is 5.11. The summed E-state index contributed by atoms with van der Waals surface area (Å²) in [7, 11) is 0. The standard InChI is InChI=1S/C15H25N3/c1-3-4-5-11-9(2)8-10-6-7-12-13(10)14(11)18-15(16)17-12/h9-12H,3-8H2,1-2H3,(H3,16,17,18)/p+1/t9-,10+,11+,12+/m1/s1. The molecule has 0 bridgehead atoms. The van der Waals surface area contributed by atoms with Gasteiger partial charge < -0.3 is 0 Å². The molecule has 1 saturated carbocycles. The Morgan fingerprint density at radius 3 is 3.00 bits per heavy atom. The Bertz CT molecular complexity index is 397. The largest absolute Gasteiger partial charge is 0.346 e. The average molecular weight is 248 g/mol. The van der Waals surface area contributed by atoms with Crippen molar-refractivity contribution in [1.29, 1.82) is 0 Å². The molecule has 4 N–H and O–H groups in total. The number of hydrogen-bond acceptors (Lipinski definition) is 2. The Balaban J connectivity index is 1.91. The Morgan fingerprint density at radius 1 is 1.39 bits per heavy atom. The lowest BCUT2D eigenvalue weighted by molar-refractivity contribution is -0.495. The SMILES string of the molecule is CCCC[C@@H]1C2=C3[C@@H](CC[C@@H]3[NH+]=C(N)N2)C[C@H]1C. The Hall–Kier alpha value is -0.990. The summed E-state index contributed by atoms with van der Waals surface area (Å²) >= 11 is 0. The van der Waals surface area contributed by atoms with Crippen LogP contribution in [0.25, 0.3) is 0 Å². The fourth-order valence-electron chi connectivity index (χ4n) is 4.26. The van der Waals surface area contributed by atoms with E-state index in [0.29, 0.717) is 12.0 Å². The van der Waals surface area contributed by atoms with Crippen molar-refractivity contribution in [1.82, 2.24) is 5.32 Å². The van der Waals surface area contributed by atoms with Crippen LogP contribution < -0.4 is 16.0 Å². The molecule has 0 aromatic heterocycles. The van der Waals surface area contributed by atoms with Gasteiger partial charge in [0.05, 0.1) is 11.7 Å². The summed E-state index contributed by atoms with van der Waals surface area (Å²) in [5.41, 5.74) is 9.18. The molecule has 4 atom stereocenters. The molecule has 0 spiro atoms. The lowest BCUT2D eigenvalue weighted by atomic mass is 9.72. The predicted octanol–water partition coefficient (Wildman–Crippen LogP) is 0.864. The quantitative estimate of drug-likeness (QED) is 0.694. The van der Waals surface area contributed by atoms with Gasteiger partial charge >= 0.3 is 5.96 Å². The van der Waals surface area contributed by atoms with Crippen LogP contribution in [0.5, 0.6) is 0 Å². The van der Waals surface area contributed by atoms with E-state index in [1.165, 1.54) is 44.2 Å². The van der Waals surface area contributed by atoms with Gasteiger partial charge in [-0.1, -0.05) is 26.7 Å². The molecule has 1 fully saturated rings. The highest BCUT2D eigenvalue weighted by Gasteiger charge is 2.45. The Morgan fingerprint density at radius 2 is 2.22 bits per heavy atom. The second-order valence-electron chi connectivity index (χ2n) is 6.34. The summed E-state index contributed by atoms with van der Waals surface area (Å²) in [6.45, 7) is 4.71. The molecule has 3 heteroatoms. The number of guanidine groups is 1. The molecule has 100 valence electrons. The fraction of sp³-hybridized carbons (Fsp3) is 0.800. The molecule has 3 rings (SSSR count). The Kier molecular flexibility index (Phi) is 3.08. The average Bonchev–Trinajstić information content (AvgIpc) is 2.72. The normalized spacial score (nSPS) is 38.2. The number of rotatable bonds is 3. The highest BCUT2D eigenvalue weighted by Crippen LogP contribution is 2.46. The summed E-state index contributed by atoms with van der Waals surface area (Å²) in [5.74, 6) is 3.09. The van der Waals surface area contributed by atoms with E-state index in [9.17, 15) is 0 Å². The van der Waals surface area contributed by atoms with Crippen LogP contribution in [0.4, 0.5) is 0 Å². The van der Waals surface area contributed by atoms with Crippen LogP contribution in [0, 0.1) is 17.8 Å². The molecule has 0 aromatic rings. The minimum atomic E-state index is 0.530. The van der Waals surface area contributed by atoms with Crippen LogP contribution in [-0.2, 0) is 0 Å². The number of allylic oxidation sites excluding steroid dienone is 1. The maximum absolute atomic E-state index is 6.02. The van der Waals surface area contributed by atoms with Crippen molar-refractivity contribution in [3.63, 3.8) is 0 Å². The monoisotopic (exact) mass is 248 g/mol. The van der Waals surface area contributed by atoms with Gasteiger partial charge in [-0.15, -0.1) is 0 Å². The molecule has 1 heterocycles. The van der Waals surface area contributed by atoms with Crippen LogP contribution in [0.15, 0.2) is 11.3 Å². The summed E-state index contributed by atoms with van der Waals surface area (Å²) in [6, 6.07) is 0.530. The van der Waals surface area contributed by atoms with E-state index in [1.807, 2.05) is 0 Å². The van der Waals surface area contributed by atoms with Crippen molar-refractivity contribution in [3.8, 4) is 0 Å². The molecule has 1 aliphatic heterocycles. The zero-order valence-corrected chi connectivity index (χ0v) is 11.6. The van der Waals surface area contributed by atoms with Gasteiger partial charge in [0.15, 0.2) is 0 Å². The molecular formula is C15H26N3+. The highest BCUT2D eigenvalue weighted by molar-refractivity contribution is 5.75. The van der Waals surface area contributed by atoms with E-state index in [-0.39, 0.29) is 0 Å². The van der Waals surface area contributed by atoms with Gasteiger partial charge in [0.2, 0.25) is 0 Å². The van der Waals surface area contributed by atoms with Gasteiger partial charge in [-0.25, -0.2) is 5.32 Å². The van der Waals surface area contributed by atoms with Crippen molar-refractivity contribution < 1.29 is 4.99 Å². The van der Waals surface area contributed by atoms with E-state index in [1.54, 1.807) is 5.57 Å². The number of hydrogen-bond donors (Lipinski definition) is 3. The third-order valence-corrected chi connectivity index (χ3v) is 5.11. The van der Waals surface area contributed by atoms with Crippen molar-refractivity contribution in [3.05, 3.63) is 11.3 Å². The second-order valence-corrected chi connectivity index (χ2v) is 6.34. The lowest BCUT2D eigenvalue weighted by Gasteiger charge is -2.36. The molecule has 18 heavy (non-hydrogen) atoms. The first-order valence-corrected chi connectivity index (χ1v) is 7.60. The zero-order chi connectivity index (χ0) is 12.7. The summed E-state index contributed by atoms with van der Waals surface area (Å²) in [5, 5.41) is 3.47. The minimum Gasteiger partial charge on any atom is -0.291 e. The van der Waals surface area contributed by atoms with E-state index in [0.717, 1.165) is 17.8 Å². The van der Waals surface area contributed by atoms with Gasteiger partial charge in [-0.05, 0) is 37.5 Å². The van der Waals surface area contributed by atoms with Crippen LogP contribution >= 0.6 is 0 Å². The molecule has 3 aliphatic rings. The van der Waals surface area contributed by atoms with Gasteiger partial charge in [0.25, 0.3) is 0 Å². The molecule has 0 aromatic carbocycles. The first-order valence-electron chi connectivity index (χ1n) is 7.60. The highest BCUT2D eigenvalue weighted by atomic mass is 15.1. The number of nitrogens with one attached hydrogen (secondary N) is 2. The zero-order valence-electron chi connectivity index (χ0n) is 11.6. The van der Waals surface area contributed by atoms with E-state index in [2.05, 4.69) is 24.2 Å². The molecule has 0 unspecified atom stereocenters. The van der Waals surface area contributed by atoms with Crippen LogP contribution in [0.3, 0.4) is 0 Å². The van der Waals surface area contributed by atoms with Crippen molar-refractivity contribution in [2.24, 2.45) is 23.5 Å². The van der Waals surface area contributed by atoms with E-state index < -0.39 is 0 Å². The molecule has 0 radical (unpaired) electrons. The van der Waals surface area contributed by atoms with Crippen molar-refractivity contribution >= 4 is 5.96 Å². The first-order chi connectivity index (χ1) is 8.70. The first kappa shape index (κ1) is 12.1. The summed E-state index contributed by atoms with van der Waals surface area (Å²) in [4.78, 5) is 3.42. The van der Waals surface area contributed by atoms with E-state index in [4.69, 9.17) is 5.73 Å². The maximum Gasteiger partial charge on any atom is 0.346 e. The maximum atomic E-state index is 6.02. The van der Waals surface area contributed by atoms with Crippen molar-refractivity contribution in [2.75, 3.05) is 0 Å². The lowest BCUT2D eigenvalue weighted by Crippen LogP contribution is -2.86. The second kappa shape index (κ2) is 4.60. The van der Waals surface area contributed by atoms with Gasteiger partial charge in [-0.2, -0.15) is 0 Å². The number of nitrogens with two attached hydrogens (primary N) is 1. The molecule has 2 aliphatic carbocycles. The minimum absolute atomic E-state index is 0.530. The molecule has 0 amide bonds. The fourth-order valence-corrected chi connectivity index (χ4v) is 4.26. The smallest absolute Gasteiger partial charge is 0.291 e. The van der Waals surface area contributed by atoms with E-state index >= 15 is 0 Å². The molecule has 3 nitrogen and oxygen atoms in total. The third kappa shape index (κ3) is 1.84. The summed E-state index contributed by atoms with van der Waals surface area (Å²) < 4.78 is 0.